The molecule has 2 aromatic rings. The maximum Gasteiger partial charge on any atom is 0.253 e. The van der Waals surface area contributed by atoms with Gasteiger partial charge in [-0.15, -0.1) is 0 Å². The molecule has 0 bridgehead atoms. The molecular weight excluding hydrogens is 254 g/mol. The van der Waals surface area contributed by atoms with Crippen LogP contribution in [0.3, 0.4) is 0 Å². The van der Waals surface area contributed by atoms with Crippen molar-refractivity contribution in [3.63, 3.8) is 0 Å². The van der Waals surface area contributed by atoms with E-state index in [-0.39, 0.29) is 5.91 Å². The van der Waals surface area contributed by atoms with Crippen LogP contribution in [-0.2, 0) is 0 Å². The highest BCUT2D eigenvalue weighted by Gasteiger charge is 2.08. The second-order valence-corrected chi connectivity index (χ2v) is 4.26. The van der Waals surface area contributed by atoms with Gasteiger partial charge in [0.25, 0.3) is 5.91 Å². The summed E-state index contributed by atoms with van der Waals surface area (Å²) < 4.78 is 5.48. The van der Waals surface area contributed by atoms with E-state index in [1.165, 1.54) is 0 Å². The SMILES string of the molecule is Nc1ccc(C(=O)NCCOc2ccccc2)c(N)c1. The predicted molar refractivity (Wildman–Crippen MR) is 79.5 cm³/mol. The third-order valence-electron chi connectivity index (χ3n) is 2.72. The molecule has 5 heteroatoms. The minimum atomic E-state index is -0.237. The first-order valence-corrected chi connectivity index (χ1v) is 6.28. The summed E-state index contributed by atoms with van der Waals surface area (Å²) in [5, 5.41) is 2.74. The normalized spacial score (nSPS) is 10.0. The van der Waals surface area contributed by atoms with Gasteiger partial charge in [-0.25, -0.2) is 0 Å². The molecule has 0 aliphatic heterocycles. The van der Waals surface area contributed by atoms with Crippen molar-refractivity contribution >= 4 is 17.3 Å². The fourth-order valence-electron chi connectivity index (χ4n) is 1.73. The van der Waals surface area contributed by atoms with Crippen molar-refractivity contribution in [2.24, 2.45) is 0 Å². The van der Waals surface area contributed by atoms with Gasteiger partial charge < -0.3 is 21.5 Å². The number of benzene rings is 2. The number of amides is 1. The first-order chi connectivity index (χ1) is 9.66. The molecule has 0 atom stereocenters. The van der Waals surface area contributed by atoms with Gasteiger partial charge in [0.1, 0.15) is 12.4 Å². The molecule has 0 aromatic heterocycles. The average Bonchev–Trinajstić information content (AvgIpc) is 2.44. The fraction of sp³-hybridized carbons (Fsp3) is 0.133. The first kappa shape index (κ1) is 13.7. The number of carbonyl (C=O) groups excluding carboxylic acids is 1. The molecule has 0 saturated carbocycles. The van der Waals surface area contributed by atoms with E-state index in [4.69, 9.17) is 16.2 Å². The Morgan fingerprint density at radius 1 is 1.10 bits per heavy atom. The molecular formula is C15H17N3O2. The van der Waals surface area contributed by atoms with Gasteiger partial charge in [0.05, 0.1) is 12.1 Å². The largest absolute Gasteiger partial charge is 0.492 e. The lowest BCUT2D eigenvalue weighted by molar-refractivity contribution is 0.0948. The maximum absolute atomic E-state index is 11.9. The van der Waals surface area contributed by atoms with Crippen LogP contribution >= 0.6 is 0 Å². The zero-order valence-corrected chi connectivity index (χ0v) is 11.0. The second-order valence-electron chi connectivity index (χ2n) is 4.26. The quantitative estimate of drug-likeness (QED) is 0.570. The molecule has 1 amide bonds. The second kappa shape index (κ2) is 6.47. The van der Waals surface area contributed by atoms with Crippen molar-refractivity contribution in [1.82, 2.24) is 5.32 Å². The van der Waals surface area contributed by atoms with Crippen molar-refractivity contribution in [3.8, 4) is 5.75 Å². The number of nitrogen functional groups attached to an aromatic ring is 2. The number of carbonyl (C=O) groups is 1. The summed E-state index contributed by atoms with van der Waals surface area (Å²) in [5.41, 5.74) is 12.6. The summed E-state index contributed by atoms with van der Waals surface area (Å²) in [4.78, 5) is 11.9. The van der Waals surface area contributed by atoms with E-state index < -0.39 is 0 Å². The summed E-state index contributed by atoms with van der Waals surface area (Å²) in [6.07, 6.45) is 0. The number of hydrogen-bond acceptors (Lipinski definition) is 4. The third-order valence-corrected chi connectivity index (χ3v) is 2.72. The van der Waals surface area contributed by atoms with Gasteiger partial charge in [0.15, 0.2) is 0 Å². The minimum absolute atomic E-state index is 0.237. The summed E-state index contributed by atoms with van der Waals surface area (Å²) in [6.45, 7) is 0.794. The molecule has 0 radical (unpaired) electrons. The number of nitrogens with two attached hydrogens (primary N) is 2. The van der Waals surface area contributed by atoms with E-state index in [2.05, 4.69) is 5.32 Å². The molecule has 0 aliphatic rings. The lowest BCUT2D eigenvalue weighted by Crippen LogP contribution is -2.28. The van der Waals surface area contributed by atoms with Gasteiger partial charge in [-0.05, 0) is 30.3 Å². The predicted octanol–water partition coefficient (Wildman–Crippen LogP) is 1.66. The molecule has 0 fully saturated rings. The number of ether oxygens (including phenoxy) is 1. The van der Waals surface area contributed by atoms with Crippen molar-refractivity contribution in [2.75, 3.05) is 24.6 Å². The van der Waals surface area contributed by atoms with Gasteiger partial charge in [-0.2, -0.15) is 0 Å². The van der Waals surface area contributed by atoms with Gasteiger partial charge in [-0.1, -0.05) is 18.2 Å². The Morgan fingerprint density at radius 3 is 2.55 bits per heavy atom. The Kier molecular flexibility index (Phi) is 4.44. The molecule has 5 N–H and O–H groups in total. The van der Waals surface area contributed by atoms with Crippen LogP contribution < -0.4 is 21.5 Å². The van der Waals surface area contributed by atoms with Crippen LogP contribution in [0.25, 0.3) is 0 Å². The van der Waals surface area contributed by atoms with E-state index in [0.29, 0.717) is 30.1 Å². The van der Waals surface area contributed by atoms with Crippen LogP contribution in [-0.4, -0.2) is 19.1 Å². The van der Waals surface area contributed by atoms with E-state index >= 15 is 0 Å². The third kappa shape index (κ3) is 3.65. The van der Waals surface area contributed by atoms with Crippen LogP contribution in [0.2, 0.25) is 0 Å². The van der Waals surface area contributed by atoms with Crippen LogP contribution in [0.4, 0.5) is 11.4 Å². The van der Waals surface area contributed by atoms with Crippen LogP contribution in [0, 0.1) is 0 Å². The van der Waals surface area contributed by atoms with E-state index in [1.807, 2.05) is 30.3 Å². The molecule has 0 spiro atoms. The van der Waals surface area contributed by atoms with Crippen molar-refractivity contribution in [2.45, 2.75) is 0 Å². The fourth-order valence-corrected chi connectivity index (χ4v) is 1.73. The minimum Gasteiger partial charge on any atom is -0.492 e. The van der Waals surface area contributed by atoms with Crippen LogP contribution in [0.15, 0.2) is 48.5 Å². The van der Waals surface area contributed by atoms with E-state index in [0.717, 1.165) is 5.75 Å². The number of rotatable bonds is 5. The van der Waals surface area contributed by atoms with Crippen molar-refractivity contribution in [3.05, 3.63) is 54.1 Å². The molecule has 2 rings (SSSR count). The molecule has 0 aliphatic carbocycles. The lowest BCUT2D eigenvalue weighted by Gasteiger charge is -2.09. The number of anilines is 2. The van der Waals surface area contributed by atoms with Crippen molar-refractivity contribution in [1.29, 1.82) is 0 Å². The van der Waals surface area contributed by atoms with Gasteiger partial charge in [0.2, 0.25) is 0 Å². The Hall–Kier alpha value is -2.69. The van der Waals surface area contributed by atoms with Gasteiger partial charge in [-0.3, -0.25) is 4.79 Å². The molecule has 20 heavy (non-hydrogen) atoms. The molecule has 104 valence electrons. The summed E-state index contributed by atoms with van der Waals surface area (Å²) >= 11 is 0. The highest BCUT2D eigenvalue weighted by Crippen LogP contribution is 2.15. The highest BCUT2D eigenvalue weighted by atomic mass is 16.5. The van der Waals surface area contributed by atoms with E-state index in [1.54, 1.807) is 18.2 Å². The molecule has 0 unspecified atom stereocenters. The summed E-state index contributed by atoms with van der Waals surface area (Å²) in [7, 11) is 0. The molecule has 0 heterocycles. The summed E-state index contributed by atoms with van der Waals surface area (Å²) in [6, 6.07) is 14.2. The van der Waals surface area contributed by atoms with Gasteiger partial charge >= 0.3 is 0 Å². The maximum atomic E-state index is 11.9. The standard InChI is InChI=1S/C15H17N3O2/c16-11-6-7-13(14(17)10-11)15(19)18-8-9-20-12-4-2-1-3-5-12/h1-7,10H,8-9,16-17H2,(H,18,19). The lowest BCUT2D eigenvalue weighted by atomic mass is 10.1. The molecule has 2 aromatic carbocycles. The smallest absolute Gasteiger partial charge is 0.253 e. The molecule has 0 saturated heterocycles. The summed E-state index contributed by atoms with van der Waals surface area (Å²) in [5.74, 6) is 0.535. The van der Waals surface area contributed by atoms with Gasteiger partial charge in [0, 0.05) is 11.4 Å². The van der Waals surface area contributed by atoms with E-state index in [9.17, 15) is 4.79 Å². The Bertz CT molecular complexity index is 585. The average molecular weight is 271 g/mol. The zero-order chi connectivity index (χ0) is 14.4. The van der Waals surface area contributed by atoms with Crippen LogP contribution in [0.1, 0.15) is 10.4 Å². The van der Waals surface area contributed by atoms with Crippen LogP contribution in [0.5, 0.6) is 5.75 Å². The first-order valence-electron chi connectivity index (χ1n) is 6.28. The monoisotopic (exact) mass is 271 g/mol. The Balaban J connectivity index is 1.80. The Labute approximate surface area is 117 Å². The number of nitrogens with one attached hydrogen (secondary N) is 1. The zero-order valence-electron chi connectivity index (χ0n) is 11.0. The van der Waals surface area contributed by atoms with Crippen molar-refractivity contribution < 1.29 is 9.53 Å². The molecule has 5 nitrogen and oxygen atoms in total. The number of para-hydroxylation sites is 1. The Morgan fingerprint density at radius 2 is 1.85 bits per heavy atom. The topological polar surface area (TPSA) is 90.4 Å². The number of hydrogen-bond donors (Lipinski definition) is 3. The highest BCUT2D eigenvalue weighted by molar-refractivity contribution is 5.99.